The first-order valence-corrected chi connectivity index (χ1v) is 17.5. The summed E-state index contributed by atoms with van der Waals surface area (Å²) in [7, 11) is 0. The van der Waals surface area contributed by atoms with Crippen LogP contribution in [0.25, 0.3) is 10.8 Å². The lowest BCUT2D eigenvalue weighted by atomic mass is 9.96. The average Bonchev–Trinajstić information content (AvgIpc) is 3.63. The minimum Gasteiger partial charge on any atom is -0.445 e. The zero-order valence-electron chi connectivity index (χ0n) is 29.7. The molecule has 1 heterocycles. The van der Waals surface area contributed by atoms with E-state index in [1.807, 2.05) is 100 Å². The van der Waals surface area contributed by atoms with Gasteiger partial charge in [-0.25, -0.2) is 9.78 Å². The molecule has 0 bridgehead atoms. The van der Waals surface area contributed by atoms with Gasteiger partial charge in [0.05, 0.1) is 24.9 Å². The molecule has 0 radical (unpaired) electrons. The summed E-state index contributed by atoms with van der Waals surface area (Å²) >= 11 is 0. The molecule has 4 rings (SSSR count). The number of rotatable bonds is 18. The Bertz CT molecular complexity index is 1710. The van der Waals surface area contributed by atoms with Crippen molar-refractivity contribution < 1.29 is 29.0 Å². The Morgan fingerprint density at radius 3 is 2.22 bits per heavy atom. The number of nitrogens with one attached hydrogen (secondary N) is 5. The summed E-state index contributed by atoms with van der Waals surface area (Å²) in [6.07, 6.45) is 2.19. The summed E-state index contributed by atoms with van der Waals surface area (Å²) in [6.45, 7) is 7.75. The Kier molecular flexibility index (Phi) is 14.5. The number of hydrogen-bond donors (Lipinski definition) is 6. The number of carbonyl (C=O) groups excluding carboxylic acids is 4. The minimum atomic E-state index is -1.16. The lowest BCUT2D eigenvalue weighted by Gasteiger charge is -2.29. The summed E-state index contributed by atoms with van der Waals surface area (Å²) in [5.74, 6) is -1.39. The second-order valence-corrected chi connectivity index (χ2v) is 13.3. The third-order valence-corrected chi connectivity index (χ3v) is 8.67. The van der Waals surface area contributed by atoms with E-state index in [2.05, 4.69) is 31.2 Å². The highest BCUT2D eigenvalue weighted by Gasteiger charge is 2.32. The molecule has 4 amide bonds. The normalized spacial score (nSPS) is 14.2. The molecule has 1 aromatic heterocycles. The van der Waals surface area contributed by atoms with Crippen LogP contribution in [0.2, 0.25) is 0 Å². The summed E-state index contributed by atoms with van der Waals surface area (Å²) in [5.41, 5.74) is 2.20. The zero-order valence-corrected chi connectivity index (χ0v) is 29.7. The molecule has 12 nitrogen and oxygen atoms in total. The number of aliphatic hydroxyl groups excluding tert-OH is 1. The minimum absolute atomic E-state index is 0.00901. The molecule has 6 N–H and O–H groups in total. The second-order valence-electron chi connectivity index (χ2n) is 13.3. The Labute approximate surface area is 299 Å². The van der Waals surface area contributed by atoms with Crippen LogP contribution in [0, 0.1) is 5.92 Å². The number of aromatic amines is 1. The monoisotopic (exact) mass is 698 g/mol. The third kappa shape index (κ3) is 12.2. The van der Waals surface area contributed by atoms with Crippen LogP contribution >= 0.6 is 0 Å². The second kappa shape index (κ2) is 19.2. The first-order valence-electron chi connectivity index (χ1n) is 17.5. The number of aliphatic hydroxyl groups is 1. The molecule has 0 spiro atoms. The smallest absolute Gasteiger partial charge is 0.408 e. The van der Waals surface area contributed by atoms with E-state index in [1.54, 1.807) is 6.20 Å². The van der Waals surface area contributed by atoms with Gasteiger partial charge in [0.15, 0.2) is 0 Å². The van der Waals surface area contributed by atoms with Gasteiger partial charge in [0.1, 0.15) is 18.7 Å². The summed E-state index contributed by atoms with van der Waals surface area (Å²) in [6, 6.07) is 19.6. The summed E-state index contributed by atoms with van der Waals surface area (Å²) < 4.78 is 5.47. The molecule has 0 saturated carbocycles. The molecule has 272 valence electrons. The number of hydrogen-bond acceptors (Lipinski definition) is 7. The molecule has 0 saturated heterocycles. The van der Waals surface area contributed by atoms with Gasteiger partial charge >= 0.3 is 6.09 Å². The molecule has 4 aromatic rings. The van der Waals surface area contributed by atoms with Crippen LogP contribution in [-0.2, 0) is 38.6 Å². The van der Waals surface area contributed by atoms with Crippen LogP contribution in [0.15, 0.2) is 85.3 Å². The molecule has 3 aromatic carbocycles. The van der Waals surface area contributed by atoms with Gasteiger partial charge in [-0.1, -0.05) is 93.6 Å². The predicted octanol–water partition coefficient (Wildman–Crippen LogP) is 4.32. The van der Waals surface area contributed by atoms with Crippen LogP contribution in [0.1, 0.15) is 63.8 Å². The van der Waals surface area contributed by atoms with E-state index < -0.39 is 42.1 Å². The number of carbonyl (C=O) groups is 4. The molecule has 12 heteroatoms. The van der Waals surface area contributed by atoms with Crippen molar-refractivity contribution in [2.24, 2.45) is 5.92 Å². The number of fused-ring (bicyclic) bond motifs is 1. The fourth-order valence-corrected chi connectivity index (χ4v) is 5.78. The number of nitrogens with zero attached hydrogens (tertiary/aromatic N) is 1. The molecule has 0 aliphatic carbocycles. The quantitative estimate of drug-likeness (QED) is 0.0897. The van der Waals surface area contributed by atoms with E-state index in [9.17, 15) is 24.3 Å². The summed E-state index contributed by atoms with van der Waals surface area (Å²) in [4.78, 5) is 60.8. The maximum Gasteiger partial charge on any atom is 0.408 e. The number of alkyl carbamates (subject to hydrolysis) is 1. The van der Waals surface area contributed by atoms with Crippen molar-refractivity contribution in [3.63, 3.8) is 0 Å². The fourth-order valence-electron chi connectivity index (χ4n) is 5.78. The third-order valence-electron chi connectivity index (χ3n) is 8.67. The fraction of sp³-hybridized carbons (Fsp3) is 0.410. The molecule has 0 aliphatic rings. The standard InChI is InChI=1S/C39H50N6O6/c1-5-26(4)42-36(47)21-35(46)32(18-25(2)3)43-38(49)34(20-30-22-40-24-41-30)44-37(48)33(45-39(50)51-23-27-12-7-6-8-13-27)19-29-16-11-15-28-14-9-10-17-31(28)29/h6-17,22,24-26,32-35,46H,5,18-21,23H2,1-4H3,(H,40,41)(H,42,47)(H,43,49)(H,44,48)(H,45,50)/t26?,32-,33-,34-,35-/m0/s1. The number of benzene rings is 3. The highest BCUT2D eigenvalue weighted by atomic mass is 16.5. The van der Waals surface area contributed by atoms with Gasteiger partial charge in [0.2, 0.25) is 17.7 Å². The number of H-pyrrole nitrogens is 1. The number of ether oxygens (including phenoxy) is 1. The Balaban J connectivity index is 1.56. The lowest BCUT2D eigenvalue weighted by Crippen LogP contribution is -2.57. The maximum absolute atomic E-state index is 14.1. The highest BCUT2D eigenvalue weighted by molar-refractivity contribution is 5.93. The van der Waals surface area contributed by atoms with Gasteiger partial charge in [-0.3, -0.25) is 14.4 Å². The van der Waals surface area contributed by atoms with E-state index in [4.69, 9.17) is 4.74 Å². The largest absolute Gasteiger partial charge is 0.445 e. The molecular formula is C39H50N6O6. The van der Waals surface area contributed by atoms with Gasteiger partial charge in [0.25, 0.3) is 0 Å². The van der Waals surface area contributed by atoms with Crippen molar-refractivity contribution >= 4 is 34.6 Å². The van der Waals surface area contributed by atoms with Gasteiger partial charge in [-0.2, -0.15) is 0 Å². The zero-order chi connectivity index (χ0) is 36.8. The van der Waals surface area contributed by atoms with Crippen molar-refractivity contribution in [3.8, 4) is 0 Å². The molecule has 0 fully saturated rings. The van der Waals surface area contributed by atoms with E-state index in [0.717, 1.165) is 28.3 Å². The Hall–Kier alpha value is -5.23. The number of amides is 4. The lowest BCUT2D eigenvalue weighted by molar-refractivity contribution is -0.131. The molecular weight excluding hydrogens is 648 g/mol. The van der Waals surface area contributed by atoms with Crippen molar-refractivity contribution in [2.45, 2.75) is 96.7 Å². The average molecular weight is 699 g/mol. The van der Waals surface area contributed by atoms with Gasteiger partial charge in [-0.05, 0) is 47.6 Å². The van der Waals surface area contributed by atoms with Crippen LogP contribution in [0.4, 0.5) is 4.79 Å². The number of imidazole rings is 1. The van der Waals surface area contributed by atoms with Gasteiger partial charge in [0, 0.05) is 30.8 Å². The molecule has 1 unspecified atom stereocenters. The Morgan fingerprint density at radius 2 is 1.51 bits per heavy atom. The van der Waals surface area contributed by atoms with E-state index >= 15 is 0 Å². The van der Waals surface area contributed by atoms with Crippen LogP contribution in [0.5, 0.6) is 0 Å². The molecule has 51 heavy (non-hydrogen) atoms. The van der Waals surface area contributed by atoms with Crippen molar-refractivity contribution in [1.82, 2.24) is 31.2 Å². The number of aromatic nitrogens is 2. The van der Waals surface area contributed by atoms with Crippen LogP contribution < -0.4 is 21.3 Å². The van der Waals surface area contributed by atoms with Crippen molar-refractivity contribution in [3.05, 3.63) is 102 Å². The van der Waals surface area contributed by atoms with Crippen molar-refractivity contribution in [1.29, 1.82) is 0 Å². The van der Waals surface area contributed by atoms with E-state index in [-0.39, 0.29) is 43.7 Å². The first kappa shape index (κ1) is 38.6. The maximum atomic E-state index is 14.1. The summed E-state index contributed by atoms with van der Waals surface area (Å²) in [5, 5.41) is 24.3. The topological polar surface area (TPSA) is 175 Å². The molecule has 5 atom stereocenters. The molecule has 0 aliphatic heterocycles. The van der Waals surface area contributed by atoms with Crippen LogP contribution in [0.3, 0.4) is 0 Å². The van der Waals surface area contributed by atoms with Gasteiger partial charge in [-0.15, -0.1) is 0 Å². The van der Waals surface area contributed by atoms with E-state index in [0.29, 0.717) is 12.1 Å². The predicted molar refractivity (Wildman–Crippen MR) is 195 cm³/mol. The van der Waals surface area contributed by atoms with E-state index in [1.165, 1.54) is 6.33 Å². The van der Waals surface area contributed by atoms with Crippen LogP contribution in [-0.4, -0.2) is 69.2 Å². The first-order chi connectivity index (χ1) is 24.5. The SMILES string of the molecule is CCC(C)NC(=O)C[C@H](O)[C@H](CC(C)C)NC(=O)[C@H](Cc1cnc[nH]1)NC(=O)[C@H](Cc1cccc2ccccc12)NC(=O)OCc1ccccc1. The van der Waals surface area contributed by atoms with Gasteiger partial charge < -0.3 is 36.1 Å². The highest BCUT2D eigenvalue weighted by Crippen LogP contribution is 2.20. The van der Waals surface area contributed by atoms with Crippen molar-refractivity contribution in [2.75, 3.05) is 0 Å². The Morgan fingerprint density at radius 1 is 0.824 bits per heavy atom.